The van der Waals surface area contributed by atoms with Gasteiger partial charge in [0.15, 0.2) is 0 Å². The summed E-state index contributed by atoms with van der Waals surface area (Å²) in [5.74, 6) is -1.23. The lowest BCUT2D eigenvalue weighted by molar-refractivity contribution is -0.140. The van der Waals surface area contributed by atoms with Crippen molar-refractivity contribution in [1.82, 2.24) is 0 Å². The summed E-state index contributed by atoms with van der Waals surface area (Å²) in [4.78, 5) is 0. The minimum atomic E-state index is -4.61. The summed E-state index contributed by atoms with van der Waals surface area (Å²) < 4.78 is 48.7. The van der Waals surface area contributed by atoms with E-state index in [2.05, 4.69) is 0 Å². The van der Waals surface area contributed by atoms with Gasteiger partial charge >= 0.3 is 6.18 Å². The van der Waals surface area contributed by atoms with E-state index in [1.54, 1.807) is 0 Å². The van der Waals surface area contributed by atoms with Crippen molar-refractivity contribution in [3.63, 3.8) is 0 Å². The zero-order valence-corrected chi connectivity index (χ0v) is 7.78. The quantitative estimate of drug-likeness (QED) is 0.507. The highest BCUT2D eigenvalue weighted by Crippen LogP contribution is 2.34. The standard InChI is InChI=1S/C7H3F4I/c8-4-2-1-3-5(12)6(4)7(9,10)11/h1-3H. The van der Waals surface area contributed by atoms with Gasteiger partial charge in [-0.2, -0.15) is 13.2 Å². The molecule has 1 aromatic rings. The van der Waals surface area contributed by atoms with Crippen molar-refractivity contribution in [2.24, 2.45) is 0 Å². The highest BCUT2D eigenvalue weighted by atomic mass is 127. The Morgan fingerprint density at radius 1 is 1.17 bits per heavy atom. The van der Waals surface area contributed by atoms with E-state index in [1.807, 2.05) is 0 Å². The Hall–Kier alpha value is -0.330. The smallest absolute Gasteiger partial charge is 0.206 e. The first-order valence-corrected chi connectivity index (χ1v) is 4.02. The highest BCUT2D eigenvalue weighted by molar-refractivity contribution is 14.1. The summed E-state index contributed by atoms with van der Waals surface area (Å²) in [5, 5.41) is 0. The molecule has 0 bridgehead atoms. The number of alkyl halides is 3. The van der Waals surface area contributed by atoms with E-state index in [9.17, 15) is 17.6 Å². The maximum atomic E-state index is 12.6. The number of benzene rings is 1. The van der Waals surface area contributed by atoms with Crippen LogP contribution in [0.4, 0.5) is 17.6 Å². The van der Waals surface area contributed by atoms with E-state index in [1.165, 1.54) is 34.7 Å². The van der Waals surface area contributed by atoms with Gasteiger partial charge in [-0.15, -0.1) is 0 Å². The topological polar surface area (TPSA) is 0 Å². The Morgan fingerprint density at radius 3 is 2.08 bits per heavy atom. The molecule has 66 valence electrons. The Balaban J connectivity index is 3.31. The van der Waals surface area contributed by atoms with Crippen LogP contribution in [0.15, 0.2) is 18.2 Å². The molecule has 0 N–H and O–H groups in total. The van der Waals surface area contributed by atoms with E-state index < -0.39 is 17.6 Å². The van der Waals surface area contributed by atoms with Gasteiger partial charge in [0.25, 0.3) is 0 Å². The number of hydrogen-bond donors (Lipinski definition) is 0. The number of halogens is 5. The van der Waals surface area contributed by atoms with Crippen LogP contribution in [0.25, 0.3) is 0 Å². The van der Waals surface area contributed by atoms with Gasteiger partial charge in [-0.1, -0.05) is 6.07 Å². The number of rotatable bonds is 0. The lowest BCUT2D eigenvalue weighted by Gasteiger charge is -2.08. The maximum absolute atomic E-state index is 12.6. The van der Waals surface area contributed by atoms with Crippen molar-refractivity contribution in [2.45, 2.75) is 6.18 Å². The fourth-order valence-electron chi connectivity index (χ4n) is 0.769. The molecule has 0 atom stereocenters. The van der Waals surface area contributed by atoms with E-state index in [0.717, 1.165) is 6.07 Å². The van der Waals surface area contributed by atoms with Gasteiger partial charge < -0.3 is 0 Å². The first-order chi connectivity index (χ1) is 5.43. The summed E-state index contributed by atoms with van der Waals surface area (Å²) in [5.41, 5.74) is -1.19. The van der Waals surface area contributed by atoms with Crippen LogP contribution >= 0.6 is 22.6 Å². The Labute approximate surface area is 79.7 Å². The molecule has 1 aromatic carbocycles. The third kappa shape index (κ3) is 1.88. The molecule has 1 rings (SSSR count). The Kier molecular flexibility index (Phi) is 2.60. The molecule has 0 saturated carbocycles. The Bertz CT molecular complexity index is 272. The molecule has 12 heavy (non-hydrogen) atoms. The van der Waals surface area contributed by atoms with E-state index in [-0.39, 0.29) is 3.57 Å². The summed E-state index contributed by atoms with van der Waals surface area (Å²) in [6, 6.07) is 3.25. The average Bonchev–Trinajstić information content (AvgIpc) is 1.82. The third-order valence-electron chi connectivity index (χ3n) is 1.25. The molecule has 0 amide bonds. The molecule has 0 fully saturated rings. The molecule has 0 unspecified atom stereocenters. The molecule has 0 saturated heterocycles. The molecular formula is C7H3F4I. The third-order valence-corrected chi connectivity index (χ3v) is 2.15. The minimum Gasteiger partial charge on any atom is -0.206 e. The molecule has 5 heteroatoms. The molecule has 0 heterocycles. The first-order valence-electron chi connectivity index (χ1n) is 2.94. The summed E-state index contributed by atoms with van der Waals surface area (Å²) >= 11 is 1.45. The molecule has 0 aromatic heterocycles. The highest BCUT2D eigenvalue weighted by Gasteiger charge is 2.35. The van der Waals surface area contributed by atoms with Crippen molar-refractivity contribution < 1.29 is 17.6 Å². The van der Waals surface area contributed by atoms with Gasteiger partial charge in [0.05, 0.1) is 0 Å². The SMILES string of the molecule is Fc1cccc(I)c1C(F)(F)F. The lowest BCUT2D eigenvalue weighted by Crippen LogP contribution is -2.10. The molecule has 0 aliphatic rings. The molecule has 0 spiro atoms. The molecule has 0 aliphatic carbocycles. The van der Waals surface area contributed by atoms with Crippen LogP contribution in [0.1, 0.15) is 5.56 Å². The fourth-order valence-corrected chi connectivity index (χ4v) is 1.54. The van der Waals surface area contributed by atoms with Crippen LogP contribution in [-0.4, -0.2) is 0 Å². The van der Waals surface area contributed by atoms with E-state index >= 15 is 0 Å². The second-order valence-electron chi connectivity index (χ2n) is 2.09. The fraction of sp³-hybridized carbons (Fsp3) is 0.143. The molecule has 0 radical (unpaired) electrons. The van der Waals surface area contributed by atoms with E-state index in [4.69, 9.17) is 0 Å². The largest absolute Gasteiger partial charge is 0.420 e. The van der Waals surface area contributed by atoms with Crippen molar-refractivity contribution in [3.8, 4) is 0 Å². The van der Waals surface area contributed by atoms with Gasteiger partial charge in [0.2, 0.25) is 0 Å². The number of hydrogen-bond acceptors (Lipinski definition) is 0. The van der Waals surface area contributed by atoms with Crippen molar-refractivity contribution in [3.05, 3.63) is 33.1 Å². The summed E-state index contributed by atoms with van der Waals surface area (Å²) in [6.07, 6.45) is -4.61. The maximum Gasteiger partial charge on any atom is 0.420 e. The first kappa shape index (κ1) is 9.76. The molecular weight excluding hydrogens is 287 g/mol. The van der Waals surface area contributed by atoms with Crippen molar-refractivity contribution in [2.75, 3.05) is 0 Å². The van der Waals surface area contributed by atoms with Crippen LogP contribution in [0.3, 0.4) is 0 Å². The second-order valence-corrected chi connectivity index (χ2v) is 3.26. The summed E-state index contributed by atoms with van der Waals surface area (Å²) in [6.45, 7) is 0. The molecule has 0 nitrogen and oxygen atoms in total. The van der Waals surface area contributed by atoms with Gasteiger partial charge in [-0.05, 0) is 34.7 Å². The molecule has 0 aliphatic heterocycles. The van der Waals surface area contributed by atoms with Crippen molar-refractivity contribution >= 4 is 22.6 Å². The van der Waals surface area contributed by atoms with Crippen LogP contribution in [0, 0.1) is 9.39 Å². The van der Waals surface area contributed by atoms with Crippen molar-refractivity contribution in [1.29, 1.82) is 0 Å². The lowest BCUT2D eigenvalue weighted by atomic mass is 10.2. The van der Waals surface area contributed by atoms with Crippen LogP contribution in [0.5, 0.6) is 0 Å². The average molecular weight is 290 g/mol. The van der Waals surface area contributed by atoms with Gasteiger partial charge in [0.1, 0.15) is 11.4 Å². The predicted molar refractivity (Wildman–Crippen MR) is 44.1 cm³/mol. The normalized spacial score (nSPS) is 11.8. The van der Waals surface area contributed by atoms with Gasteiger partial charge in [0, 0.05) is 3.57 Å². The zero-order chi connectivity index (χ0) is 9.35. The minimum absolute atomic E-state index is 0.125. The summed E-state index contributed by atoms with van der Waals surface area (Å²) in [7, 11) is 0. The predicted octanol–water partition coefficient (Wildman–Crippen LogP) is 3.45. The monoisotopic (exact) mass is 290 g/mol. The van der Waals surface area contributed by atoms with Crippen LogP contribution < -0.4 is 0 Å². The van der Waals surface area contributed by atoms with Crippen LogP contribution in [-0.2, 0) is 6.18 Å². The van der Waals surface area contributed by atoms with Gasteiger partial charge in [-0.3, -0.25) is 0 Å². The van der Waals surface area contributed by atoms with Crippen LogP contribution in [0.2, 0.25) is 0 Å². The Morgan fingerprint density at radius 2 is 1.75 bits per heavy atom. The van der Waals surface area contributed by atoms with Gasteiger partial charge in [-0.25, -0.2) is 4.39 Å². The van der Waals surface area contributed by atoms with E-state index in [0.29, 0.717) is 0 Å². The second kappa shape index (κ2) is 3.20. The zero-order valence-electron chi connectivity index (χ0n) is 5.62.